The van der Waals surface area contributed by atoms with Crippen molar-refractivity contribution < 1.29 is 4.79 Å². The number of carbonyl (C=O) groups is 1. The number of benzene rings is 1. The van der Waals surface area contributed by atoms with Gasteiger partial charge >= 0.3 is 0 Å². The van der Waals surface area contributed by atoms with Crippen LogP contribution in [0.1, 0.15) is 15.9 Å². The Morgan fingerprint density at radius 1 is 1.32 bits per heavy atom. The number of hydrogen-bond acceptors (Lipinski definition) is 3. The molecule has 0 spiro atoms. The minimum atomic E-state index is -0.425. The summed E-state index contributed by atoms with van der Waals surface area (Å²) >= 11 is 11.8. The van der Waals surface area contributed by atoms with E-state index in [0.29, 0.717) is 5.69 Å². The number of halogens is 2. The average molecular weight is 292 g/mol. The molecular weight excluding hydrogens is 285 g/mol. The number of carbonyl (C=O) groups excluding carboxylic acids is 1. The normalized spacial score (nSPS) is 9.74. The topological polar surface area (TPSA) is 65.8 Å². The molecule has 0 radical (unpaired) electrons. The first-order valence-electron chi connectivity index (χ1n) is 5.22. The lowest BCUT2D eigenvalue weighted by atomic mass is 10.1. The van der Waals surface area contributed by atoms with Crippen molar-refractivity contribution in [1.82, 2.24) is 4.98 Å². The van der Waals surface area contributed by atoms with Crippen LogP contribution in [-0.2, 0) is 0 Å². The molecule has 0 bridgehead atoms. The standard InChI is InChI=1S/C13H7Cl2N3O/c14-11-5-12(15)10(4-8(11)6-16)13(19)18-9-2-1-3-17-7-9/h1-5,7H,(H,18,19). The van der Waals surface area contributed by atoms with E-state index in [1.54, 1.807) is 18.3 Å². The molecule has 0 saturated heterocycles. The van der Waals surface area contributed by atoms with E-state index in [2.05, 4.69) is 10.3 Å². The summed E-state index contributed by atoms with van der Waals surface area (Å²) in [5, 5.41) is 11.9. The van der Waals surface area contributed by atoms with Gasteiger partial charge in [0.1, 0.15) is 6.07 Å². The SMILES string of the molecule is N#Cc1cc(C(=O)Nc2cccnc2)c(Cl)cc1Cl. The molecule has 1 aromatic heterocycles. The van der Waals surface area contributed by atoms with Gasteiger partial charge in [0.25, 0.3) is 5.91 Å². The minimum Gasteiger partial charge on any atom is -0.321 e. The number of nitrogens with zero attached hydrogens (tertiary/aromatic N) is 2. The summed E-state index contributed by atoms with van der Waals surface area (Å²) in [6.45, 7) is 0. The molecule has 2 rings (SSSR count). The number of nitriles is 1. The lowest BCUT2D eigenvalue weighted by molar-refractivity contribution is 0.102. The highest BCUT2D eigenvalue weighted by Gasteiger charge is 2.14. The van der Waals surface area contributed by atoms with Gasteiger partial charge in [-0.25, -0.2) is 0 Å². The van der Waals surface area contributed by atoms with Crippen LogP contribution in [0.25, 0.3) is 0 Å². The van der Waals surface area contributed by atoms with Gasteiger partial charge in [-0.2, -0.15) is 5.26 Å². The number of nitrogens with one attached hydrogen (secondary N) is 1. The van der Waals surface area contributed by atoms with Crippen molar-refractivity contribution in [2.45, 2.75) is 0 Å². The Kier molecular flexibility index (Phi) is 4.00. The first-order chi connectivity index (χ1) is 9.11. The van der Waals surface area contributed by atoms with Crippen molar-refractivity contribution in [3.63, 3.8) is 0 Å². The minimum absolute atomic E-state index is 0.186. The van der Waals surface area contributed by atoms with E-state index in [9.17, 15) is 4.79 Å². The second kappa shape index (κ2) is 5.70. The van der Waals surface area contributed by atoms with E-state index in [0.717, 1.165) is 0 Å². The number of hydrogen-bond donors (Lipinski definition) is 1. The van der Waals surface area contributed by atoms with Gasteiger partial charge in [-0.05, 0) is 24.3 Å². The van der Waals surface area contributed by atoms with Gasteiger partial charge in [-0.3, -0.25) is 9.78 Å². The third-order valence-corrected chi connectivity index (χ3v) is 2.97. The van der Waals surface area contributed by atoms with Crippen LogP contribution in [0.4, 0.5) is 5.69 Å². The lowest BCUT2D eigenvalue weighted by Crippen LogP contribution is -2.13. The number of amides is 1. The van der Waals surface area contributed by atoms with E-state index < -0.39 is 5.91 Å². The zero-order valence-electron chi connectivity index (χ0n) is 9.52. The zero-order chi connectivity index (χ0) is 13.8. The Labute approximate surface area is 119 Å². The van der Waals surface area contributed by atoms with Gasteiger partial charge < -0.3 is 5.32 Å². The molecule has 4 nitrogen and oxygen atoms in total. The molecule has 19 heavy (non-hydrogen) atoms. The molecule has 1 amide bonds. The summed E-state index contributed by atoms with van der Waals surface area (Å²) in [6, 6.07) is 8.02. The number of rotatable bonds is 2. The van der Waals surface area contributed by atoms with Crippen LogP contribution < -0.4 is 5.32 Å². The van der Waals surface area contributed by atoms with Crippen LogP contribution in [0.5, 0.6) is 0 Å². The van der Waals surface area contributed by atoms with E-state index >= 15 is 0 Å². The van der Waals surface area contributed by atoms with Gasteiger partial charge in [0.15, 0.2) is 0 Å². The maximum Gasteiger partial charge on any atom is 0.257 e. The Bertz CT molecular complexity index is 666. The molecule has 0 unspecified atom stereocenters. The van der Waals surface area contributed by atoms with Crippen LogP contribution in [0.3, 0.4) is 0 Å². The molecule has 1 aromatic carbocycles. The van der Waals surface area contributed by atoms with Crippen molar-refractivity contribution in [3.8, 4) is 6.07 Å². The molecule has 0 fully saturated rings. The fourth-order valence-corrected chi connectivity index (χ4v) is 1.96. The van der Waals surface area contributed by atoms with Crippen LogP contribution in [-0.4, -0.2) is 10.9 Å². The molecule has 0 aliphatic rings. The summed E-state index contributed by atoms with van der Waals surface area (Å²) in [5.41, 5.74) is 0.922. The molecular formula is C13H7Cl2N3O. The highest BCUT2D eigenvalue weighted by Crippen LogP contribution is 2.25. The van der Waals surface area contributed by atoms with Crippen LogP contribution >= 0.6 is 23.2 Å². The van der Waals surface area contributed by atoms with Gasteiger partial charge in [0, 0.05) is 6.20 Å². The second-order valence-corrected chi connectivity index (χ2v) is 4.43. The van der Waals surface area contributed by atoms with Crippen molar-refractivity contribution in [2.75, 3.05) is 5.32 Å². The van der Waals surface area contributed by atoms with Crippen molar-refractivity contribution >= 4 is 34.8 Å². The molecule has 0 aliphatic heterocycles. The molecule has 2 aromatic rings. The number of anilines is 1. The first-order valence-corrected chi connectivity index (χ1v) is 5.98. The van der Waals surface area contributed by atoms with E-state index in [1.165, 1.54) is 18.3 Å². The van der Waals surface area contributed by atoms with Crippen LogP contribution in [0.15, 0.2) is 36.7 Å². The number of aromatic nitrogens is 1. The lowest BCUT2D eigenvalue weighted by Gasteiger charge is -2.07. The average Bonchev–Trinajstić information content (AvgIpc) is 2.40. The third-order valence-electron chi connectivity index (χ3n) is 2.34. The van der Waals surface area contributed by atoms with E-state index in [1.807, 2.05) is 6.07 Å². The summed E-state index contributed by atoms with van der Waals surface area (Å²) in [6.07, 6.45) is 3.10. The highest BCUT2D eigenvalue weighted by molar-refractivity contribution is 6.37. The second-order valence-electron chi connectivity index (χ2n) is 3.62. The highest BCUT2D eigenvalue weighted by atomic mass is 35.5. The van der Waals surface area contributed by atoms with E-state index in [-0.39, 0.29) is 21.2 Å². The molecule has 0 saturated carbocycles. The van der Waals surface area contributed by atoms with Gasteiger partial charge in [-0.1, -0.05) is 23.2 Å². The van der Waals surface area contributed by atoms with Crippen LogP contribution in [0.2, 0.25) is 10.0 Å². The maximum absolute atomic E-state index is 12.0. The fourth-order valence-electron chi connectivity index (χ4n) is 1.44. The van der Waals surface area contributed by atoms with Gasteiger partial charge in [0.2, 0.25) is 0 Å². The molecule has 1 N–H and O–H groups in total. The van der Waals surface area contributed by atoms with Crippen molar-refractivity contribution in [1.29, 1.82) is 5.26 Å². The molecule has 1 heterocycles. The van der Waals surface area contributed by atoms with Gasteiger partial charge in [0.05, 0.1) is 33.1 Å². The molecule has 0 aliphatic carbocycles. The first kappa shape index (κ1) is 13.3. The smallest absolute Gasteiger partial charge is 0.257 e. The van der Waals surface area contributed by atoms with Crippen molar-refractivity contribution in [3.05, 3.63) is 57.8 Å². The predicted molar refractivity (Wildman–Crippen MR) is 73.4 cm³/mol. The Balaban J connectivity index is 2.32. The summed E-state index contributed by atoms with van der Waals surface area (Å²) in [4.78, 5) is 15.9. The zero-order valence-corrected chi connectivity index (χ0v) is 11.0. The summed E-state index contributed by atoms with van der Waals surface area (Å²) < 4.78 is 0. The number of pyridine rings is 1. The van der Waals surface area contributed by atoms with Crippen molar-refractivity contribution in [2.24, 2.45) is 0 Å². The van der Waals surface area contributed by atoms with Crippen LogP contribution in [0, 0.1) is 11.3 Å². The largest absolute Gasteiger partial charge is 0.321 e. The quantitative estimate of drug-likeness (QED) is 0.921. The Hall–Kier alpha value is -2.09. The molecule has 0 atom stereocenters. The van der Waals surface area contributed by atoms with E-state index in [4.69, 9.17) is 28.5 Å². The fraction of sp³-hybridized carbons (Fsp3) is 0. The Morgan fingerprint density at radius 3 is 2.74 bits per heavy atom. The van der Waals surface area contributed by atoms with Gasteiger partial charge in [-0.15, -0.1) is 0 Å². The molecule has 6 heteroatoms. The monoisotopic (exact) mass is 291 g/mol. The third kappa shape index (κ3) is 3.02. The molecule has 94 valence electrons. The maximum atomic E-state index is 12.0. The summed E-state index contributed by atoms with van der Waals surface area (Å²) in [7, 11) is 0. The Morgan fingerprint density at radius 2 is 2.11 bits per heavy atom. The predicted octanol–water partition coefficient (Wildman–Crippen LogP) is 3.51. The summed E-state index contributed by atoms with van der Waals surface area (Å²) in [5.74, 6) is -0.425.